The smallest absolute Gasteiger partial charge is 0.222 e. The Morgan fingerprint density at radius 1 is 0.931 bits per heavy atom. The van der Waals surface area contributed by atoms with Crippen molar-refractivity contribution in [2.75, 3.05) is 18.8 Å². The molecule has 1 fully saturated rings. The van der Waals surface area contributed by atoms with Crippen molar-refractivity contribution in [2.24, 2.45) is 0 Å². The Labute approximate surface area is 176 Å². The van der Waals surface area contributed by atoms with Crippen LogP contribution < -0.4 is 0 Å². The molecule has 1 aliphatic rings. The topological polar surface area (TPSA) is 51.0 Å². The van der Waals surface area contributed by atoms with Gasteiger partial charge in [-0.25, -0.2) is 0 Å². The van der Waals surface area contributed by atoms with Crippen molar-refractivity contribution >= 4 is 17.7 Å². The van der Waals surface area contributed by atoms with Crippen LogP contribution in [-0.4, -0.2) is 44.4 Å². The van der Waals surface area contributed by atoms with E-state index in [1.807, 2.05) is 41.3 Å². The monoisotopic (exact) mass is 406 g/mol. The highest BCUT2D eigenvalue weighted by molar-refractivity contribution is 7.99. The third kappa shape index (κ3) is 5.07. The zero-order chi connectivity index (χ0) is 19.9. The van der Waals surface area contributed by atoms with Crippen LogP contribution in [0.25, 0.3) is 5.69 Å². The first-order valence-corrected chi connectivity index (χ1v) is 11.2. The van der Waals surface area contributed by atoms with Gasteiger partial charge in [0.15, 0.2) is 5.16 Å². The van der Waals surface area contributed by atoms with E-state index in [1.54, 1.807) is 11.8 Å². The number of benzene rings is 2. The molecule has 4 rings (SSSR count). The van der Waals surface area contributed by atoms with Crippen molar-refractivity contribution in [3.8, 4) is 5.69 Å². The Hall–Kier alpha value is -2.60. The molecular formula is C23H26N4OS. The molecule has 3 aromatic rings. The van der Waals surface area contributed by atoms with Gasteiger partial charge in [-0.2, -0.15) is 0 Å². The molecule has 1 amide bonds. The Kier molecular flexibility index (Phi) is 6.62. The SMILES string of the molecule is O=C(CCCSc1nnc(Cc2ccccc2)n1-c1ccccc1)N1CCCC1. The standard InChI is InChI=1S/C23H26N4OS/c28-22(26-15-7-8-16-26)14-9-17-29-23-25-24-21(18-19-10-3-1-4-11-19)27(23)20-12-5-2-6-13-20/h1-6,10-13H,7-9,14-18H2. The lowest BCUT2D eigenvalue weighted by Gasteiger charge is -2.14. The normalized spacial score (nSPS) is 13.7. The van der Waals surface area contributed by atoms with Gasteiger partial charge < -0.3 is 4.90 Å². The lowest BCUT2D eigenvalue weighted by atomic mass is 10.1. The number of hydrogen-bond acceptors (Lipinski definition) is 4. The first-order chi connectivity index (χ1) is 14.3. The van der Waals surface area contributed by atoms with E-state index >= 15 is 0 Å². The van der Waals surface area contributed by atoms with Gasteiger partial charge in [-0.15, -0.1) is 10.2 Å². The maximum atomic E-state index is 12.2. The van der Waals surface area contributed by atoms with Crippen LogP contribution in [0.1, 0.15) is 37.1 Å². The van der Waals surface area contributed by atoms with Gasteiger partial charge in [0.2, 0.25) is 5.91 Å². The third-order valence-corrected chi connectivity index (χ3v) is 6.16. The van der Waals surface area contributed by atoms with Crippen molar-refractivity contribution in [2.45, 2.75) is 37.3 Å². The van der Waals surface area contributed by atoms with Crippen LogP contribution in [0.3, 0.4) is 0 Å². The summed E-state index contributed by atoms with van der Waals surface area (Å²) in [7, 11) is 0. The molecule has 29 heavy (non-hydrogen) atoms. The quantitative estimate of drug-likeness (QED) is 0.412. The molecule has 1 saturated heterocycles. The average molecular weight is 407 g/mol. The Balaban J connectivity index is 1.44. The minimum Gasteiger partial charge on any atom is -0.343 e. The largest absolute Gasteiger partial charge is 0.343 e. The second kappa shape index (κ2) is 9.74. The summed E-state index contributed by atoms with van der Waals surface area (Å²) in [5.41, 5.74) is 2.28. The number of carbonyl (C=O) groups excluding carboxylic acids is 1. The Morgan fingerprint density at radius 2 is 1.62 bits per heavy atom. The molecular weight excluding hydrogens is 380 g/mol. The van der Waals surface area contributed by atoms with E-state index < -0.39 is 0 Å². The molecule has 1 aromatic heterocycles. The van der Waals surface area contributed by atoms with Gasteiger partial charge in [0.25, 0.3) is 0 Å². The first kappa shape index (κ1) is 19.7. The highest BCUT2D eigenvalue weighted by Crippen LogP contribution is 2.24. The number of hydrogen-bond donors (Lipinski definition) is 0. The van der Waals surface area contributed by atoms with Crippen LogP contribution in [0.15, 0.2) is 65.8 Å². The van der Waals surface area contributed by atoms with Gasteiger partial charge in [-0.05, 0) is 37.0 Å². The Bertz CT molecular complexity index is 921. The van der Waals surface area contributed by atoms with E-state index in [1.165, 1.54) is 5.56 Å². The summed E-state index contributed by atoms with van der Waals surface area (Å²) < 4.78 is 2.14. The third-order valence-electron chi connectivity index (χ3n) is 5.14. The molecule has 0 unspecified atom stereocenters. The van der Waals surface area contributed by atoms with E-state index in [0.717, 1.165) is 61.2 Å². The van der Waals surface area contributed by atoms with Gasteiger partial charge in [0, 0.05) is 37.4 Å². The fraction of sp³-hybridized carbons (Fsp3) is 0.348. The number of rotatable bonds is 8. The first-order valence-electron chi connectivity index (χ1n) is 10.3. The summed E-state index contributed by atoms with van der Waals surface area (Å²) in [4.78, 5) is 14.2. The summed E-state index contributed by atoms with van der Waals surface area (Å²) in [6.07, 6.45) is 4.49. The molecule has 0 spiro atoms. The van der Waals surface area contributed by atoms with Crippen molar-refractivity contribution in [3.05, 3.63) is 72.1 Å². The summed E-state index contributed by atoms with van der Waals surface area (Å²) in [6.45, 7) is 1.86. The summed E-state index contributed by atoms with van der Waals surface area (Å²) >= 11 is 1.68. The summed E-state index contributed by atoms with van der Waals surface area (Å²) in [5, 5.41) is 9.83. The van der Waals surface area contributed by atoms with Crippen molar-refractivity contribution in [1.82, 2.24) is 19.7 Å². The summed E-state index contributed by atoms with van der Waals surface area (Å²) in [6, 6.07) is 20.6. The lowest BCUT2D eigenvalue weighted by molar-refractivity contribution is -0.130. The zero-order valence-corrected chi connectivity index (χ0v) is 17.4. The molecule has 6 heteroatoms. The van der Waals surface area contributed by atoms with Crippen LogP contribution >= 0.6 is 11.8 Å². The highest BCUT2D eigenvalue weighted by atomic mass is 32.2. The Morgan fingerprint density at radius 3 is 2.34 bits per heavy atom. The predicted molar refractivity (Wildman–Crippen MR) is 116 cm³/mol. The second-order valence-corrected chi connectivity index (χ2v) is 8.33. The fourth-order valence-electron chi connectivity index (χ4n) is 3.63. The summed E-state index contributed by atoms with van der Waals surface area (Å²) in [5.74, 6) is 2.08. The molecule has 1 aliphatic heterocycles. The van der Waals surface area contributed by atoms with Gasteiger partial charge >= 0.3 is 0 Å². The maximum Gasteiger partial charge on any atom is 0.222 e. The van der Waals surface area contributed by atoms with E-state index in [0.29, 0.717) is 6.42 Å². The van der Waals surface area contributed by atoms with E-state index in [4.69, 9.17) is 0 Å². The second-order valence-electron chi connectivity index (χ2n) is 7.27. The molecule has 0 aliphatic carbocycles. The van der Waals surface area contributed by atoms with Gasteiger partial charge in [0.1, 0.15) is 5.82 Å². The number of aromatic nitrogens is 3. The molecule has 2 heterocycles. The highest BCUT2D eigenvalue weighted by Gasteiger charge is 2.18. The number of carbonyl (C=O) groups is 1. The molecule has 2 aromatic carbocycles. The van der Waals surface area contributed by atoms with Crippen molar-refractivity contribution in [1.29, 1.82) is 0 Å². The van der Waals surface area contributed by atoms with Crippen LogP contribution in [-0.2, 0) is 11.2 Å². The van der Waals surface area contributed by atoms with Crippen LogP contribution in [0, 0.1) is 0 Å². The molecule has 150 valence electrons. The molecule has 0 N–H and O–H groups in total. The number of amides is 1. The van der Waals surface area contributed by atoms with E-state index in [9.17, 15) is 4.79 Å². The molecule has 0 saturated carbocycles. The van der Waals surface area contributed by atoms with Crippen LogP contribution in [0.4, 0.5) is 0 Å². The van der Waals surface area contributed by atoms with Crippen molar-refractivity contribution < 1.29 is 4.79 Å². The lowest BCUT2D eigenvalue weighted by Crippen LogP contribution is -2.27. The van der Waals surface area contributed by atoms with Gasteiger partial charge in [-0.1, -0.05) is 60.3 Å². The minimum absolute atomic E-state index is 0.289. The number of para-hydroxylation sites is 1. The van der Waals surface area contributed by atoms with Crippen LogP contribution in [0.5, 0.6) is 0 Å². The van der Waals surface area contributed by atoms with Gasteiger partial charge in [0.05, 0.1) is 0 Å². The average Bonchev–Trinajstić information content (AvgIpc) is 3.43. The number of nitrogens with zero attached hydrogens (tertiary/aromatic N) is 4. The molecule has 5 nitrogen and oxygen atoms in total. The maximum absolute atomic E-state index is 12.2. The minimum atomic E-state index is 0.289. The van der Waals surface area contributed by atoms with E-state index in [2.05, 4.69) is 39.0 Å². The fourth-order valence-corrected chi connectivity index (χ4v) is 4.54. The molecule has 0 bridgehead atoms. The van der Waals surface area contributed by atoms with Gasteiger partial charge in [-0.3, -0.25) is 9.36 Å². The zero-order valence-electron chi connectivity index (χ0n) is 16.5. The number of likely N-dealkylation sites (tertiary alicyclic amines) is 1. The van der Waals surface area contributed by atoms with Crippen LogP contribution in [0.2, 0.25) is 0 Å². The number of thioether (sulfide) groups is 1. The van der Waals surface area contributed by atoms with Crippen molar-refractivity contribution in [3.63, 3.8) is 0 Å². The molecule has 0 atom stereocenters. The van der Waals surface area contributed by atoms with E-state index in [-0.39, 0.29) is 5.91 Å². The molecule has 0 radical (unpaired) electrons. The predicted octanol–water partition coefficient (Wildman–Crippen LogP) is 4.35.